The molecule has 0 unspecified atom stereocenters. The zero-order valence-corrected chi connectivity index (χ0v) is 13.0. The van der Waals surface area contributed by atoms with Crippen molar-refractivity contribution in [2.45, 2.75) is 39.5 Å². The summed E-state index contributed by atoms with van der Waals surface area (Å²) >= 11 is 0. The number of nitrogens with one attached hydrogen (secondary N) is 1. The molecule has 21 heavy (non-hydrogen) atoms. The Kier molecular flexibility index (Phi) is 6.44. The van der Waals surface area contributed by atoms with Gasteiger partial charge < -0.3 is 10.1 Å². The van der Waals surface area contributed by atoms with Crippen LogP contribution in [0.2, 0.25) is 0 Å². The maximum atomic E-state index is 5.65. The summed E-state index contributed by atoms with van der Waals surface area (Å²) in [6, 6.07) is 12.9. The van der Waals surface area contributed by atoms with Gasteiger partial charge in [0.05, 0.1) is 12.3 Å². The molecule has 0 fully saturated rings. The highest BCUT2D eigenvalue weighted by Gasteiger charge is 2.01. The molecule has 0 saturated heterocycles. The Bertz CT molecular complexity index is 508. The first-order valence-corrected chi connectivity index (χ1v) is 7.62. The van der Waals surface area contributed by atoms with E-state index in [-0.39, 0.29) is 0 Å². The zero-order chi connectivity index (χ0) is 14.9. The van der Waals surface area contributed by atoms with Gasteiger partial charge in [-0.2, -0.15) is 5.10 Å². The van der Waals surface area contributed by atoms with Crippen LogP contribution in [0.15, 0.2) is 42.6 Å². The highest BCUT2D eigenvalue weighted by Crippen LogP contribution is 2.05. The molecule has 0 bridgehead atoms. The van der Waals surface area contributed by atoms with Crippen LogP contribution in [-0.2, 0) is 17.9 Å². The molecule has 0 amide bonds. The molecule has 1 heterocycles. The van der Waals surface area contributed by atoms with Gasteiger partial charge in [-0.05, 0) is 38.4 Å². The lowest BCUT2D eigenvalue weighted by molar-refractivity contribution is 0.115. The van der Waals surface area contributed by atoms with Crippen molar-refractivity contribution in [1.82, 2.24) is 15.1 Å². The number of ether oxygens (including phenoxy) is 1. The van der Waals surface area contributed by atoms with Gasteiger partial charge in [-0.25, -0.2) is 0 Å². The van der Waals surface area contributed by atoms with E-state index in [4.69, 9.17) is 4.74 Å². The molecule has 2 aromatic rings. The molecule has 0 aliphatic carbocycles. The first kappa shape index (κ1) is 15.7. The fourth-order valence-corrected chi connectivity index (χ4v) is 2.05. The van der Waals surface area contributed by atoms with Crippen LogP contribution < -0.4 is 5.32 Å². The van der Waals surface area contributed by atoms with Crippen LogP contribution in [0.5, 0.6) is 0 Å². The second-order valence-electron chi connectivity index (χ2n) is 5.45. The van der Waals surface area contributed by atoms with Gasteiger partial charge in [-0.1, -0.05) is 30.3 Å². The summed E-state index contributed by atoms with van der Waals surface area (Å²) in [6.07, 6.45) is 3.02. The molecule has 1 aromatic carbocycles. The van der Waals surface area contributed by atoms with Crippen molar-refractivity contribution in [1.29, 1.82) is 0 Å². The van der Waals surface area contributed by atoms with E-state index in [2.05, 4.69) is 48.5 Å². The predicted octanol–water partition coefficient (Wildman–Crippen LogP) is 3.16. The largest absolute Gasteiger partial charge is 0.375 e. The van der Waals surface area contributed by atoms with Crippen molar-refractivity contribution in [3.63, 3.8) is 0 Å². The van der Waals surface area contributed by atoms with Gasteiger partial charge in [0.15, 0.2) is 0 Å². The van der Waals surface area contributed by atoms with E-state index in [1.165, 1.54) is 5.56 Å². The third-order valence-corrected chi connectivity index (χ3v) is 3.26. The first-order chi connectivity index (χ1) is 10.3. The van der Waals surface area contributed by atoms with Crippen LogP contribution in [0.1, 0.15) is 37.6 Å². The van der Waals surface area contributed by atoms with Gasteiger partial charge in [0, 0.05) is 25.4 Å². The average Bonchev–Trinajstić information content (AvgIpc) is 2.96. The Morgan fingerprint density at radius 1 is 1.19 bits per heavy atom. The number of hydrogen-bond acceptors (Lipinski definition) is 3. The second-order valence-corrected chi connectivity index (χ2v) is 5.45. The summed E-state index contributed by atoms with van der Waals surface area (Å²) < 4.78 is 7.61. The summed E-state index contributed by atoms with van der Waals surface area (Å²) in [5, 5.41) is 7.88. The maximum absolute atomic E-state index is 5.65. The molecule has 0 atom stereocenters. The van der Waals surface area contributed by atoms with Crippen molar-refractivity contribution < 1.29 is 4.74 Å². The van der Waals surface area contributed by atoms with Gasteiger partial charge in [-0.3, -0.25) is 4.68 Å². The molecule has 1 aromatic heterocycles. The minimum Gasteiger partial charge on any atom is -0.375 e. The Labute approximate surface area is 127 Å². The van der Waals surface area contributed by atoms with E-state index < -0.39 is 0 Å². The van der Waals surface area contributed by atoms with Crippen molar-refractivity contribution in [3.8, 4) is 0 Å². The molecular formula is C17H25N3O. The lowest BCUT2D eigenvalue weighted by atomic mass is 10.2. The third-order valence-electron chi connectivity index (χ3n) is 3.26. The molecule has 0 aliphatic heterocycles. The fraction of sp³-hybridized carbons (Fsp3) is 0.471. The van der Waals surface area contributed by atoms with E-state index in [9.17, 15) is 0 Å². The lowest BCUT2D eigenvalue weighted by Crippen LogP contribution is -2.16. The third kappa shape index (κ3) is 5.69. The minimum absolute atomic E-state index is 0.404. The summed E-state index contributed by atoms with van der Waals surface area (Å²) in [7, 11) is 0. The summed E-state index contributed by atoms with van der Waals surface area (Å²) in [4.78, 5) is 0. The number of aromatic nitrogens is 2. The lowest BCUT2D eigenvalue weighted by Gasteiger charge is -2.06. The molecule has 114 valence electrons. The van der Waals surface area contributed by atoms with Crippen LogP contribution in [0.3, 0.4) is 0 Å². The highest BCUT2D eigenvalue weighted by atomic mass is 16.5. The van der Waals surface area contributed by atoms with Crippen molar-refractivity contribution in [2.24, 2.45) is 0 Å². The van der Waals surface area contributed by atoms with Crippen molar-refractivity contribution in [3.05, 3.63) is 53.9 Å². The van der Waals surface area contributed by atoms with Crippen LogP contribution >= 0.6 is 0 Å². The van der Waals surface area contributed by atoms with Gasteiger partial charge in [0.2, 0.25) is 0 Å². The molecule has 0 radical (unpaired) electrons. The molecule has 0 saturated carbocycles. The molecule has 2 rings (SSSR count). The average molecular weight is 287 g/mol. The topological polar surface area (TPSA) is 39.1 Å². The normalized spacial score (nSPS) is 11.2. The van der Waals surface area contributed by atoms with Gasteiger partial charge in [0.25, 0.3) is 0 Å². The molecule has 0 aliphatic rings. The van der Waals surface area contributed by atoms with Crippen LogP contribution in [0.25, 0.3) is 0 Å². The quantitative estimate of drug-likeness (QED) is 0.720. The van der Waals surface area contributed by atoms with E-state index in [0.717, 1.165) is 31.8 Å². The SMILES string of the molecule is CC(C)n1ccc(COCCCNCc2ccccc2)n1. The molecule has 4 heteroatoms. The van der Waals surface area contributed by atoms with E-state index in [0.29, 0.717) is 12.6 Å². The number of hydrogen-bond donors (Lipinski definition) is 1. The van der Waals surface area contributed by atoms with Crippen LogP contribution in [0, 0.1) is 0 Å². The molecule has 0 spiro atoms. The number of rotatable bonds is 9. The fourth-order valence-electron chi connectivity index (χ4n) is 2.05. The summed E-state index contributed by atoms with van der Waals surface area (Å²) in [5.41, 5.74) is 2.32. The van der Waals surface area contributed by atoms with E-state index in [1.54, 1.807) is 0 Å². The smallest absolute Gasteiger partial charge is 0.0906 e. The van der Waals surface area contributed by atoms with Crippen LogP contribution in [-0.4, -0.2) is 22.9 Å². The number of nitrogens with zero attached hydrogens (tertiary/aromatic N) is 2. The summed E-state index contributed by atoms with van der Waals surface area (Å²) in [6.45, 7) is 7.48. The molecular weight excluding hydrogens is 262 g/mol. The maximum Gasteiger partial charge on any atom is 0.0906 e. The Hall–Kier alpha value is -1.65. The predicted molar refractivity (Wildman–Crippen MR) is 85.0 cm³/mol. The Balaban J connectivity index is 1.52. The zero-order valence-electron chi connectivity index (χ0n) is 13.0. The van der Waals surface area contributed by atoms with Crippen molar-refractivity contribution >= 4 is 0 Å². The standard InChI is InChI=1S/C17H25N3O/c1-15(2)20-11-9-17(19-20)14-21-12-6-10-18-13-16-7-4-3-5-8-16/h3-5,7-9,11,15,18H,6,10,12-14H2,1-2H3. The van der Waals surface area contributed by atoms with Gasteiger partial charge >= 0.3 is 0 Å². The highest BCUT2D eigenvalue weighted by molar-refractivity contribution is 5.14. The van der Waals surface area contributed by atoms with Crippen LogP contribution in [0.4, 0.5) is 0 Å². The summed E-state index contributed by atoms with van der Waals surface area (Å²) in [5.74, 6) is 0. The first-order valence-electron chi connectivity index (χ1n) is 7.62. The second kappa shape index (κ2) is 8.60. The van der Waals surface area contributed by atoms with Crippen molar-refractivity contribution in [2.75, 3.05) is 13.2 Å². The van der Waals surface area contributed by atoms with Gasteiger partial charge in [0.1, 0.15) is 0 Å². The minimum atomic E-state index is 0.404. The molecule has 1 N–H and O–H groups in total. The van der Waals surface area contributed by atoms with Gasteiger partial charge in [-0.15, -0.1) is 0 Å². The number of benzene rings is 1. The molecule has 4 nitrogen and oxygen atoms in total. The van der Waals surface area contributed by atoms with E-state index >= 15 is 0 Å². The van der Waals surface area contributed by atoms with E-state index in [1.807, 2.05) is 23.0 Å². The Morgan fingerprint density at radius 3 is 2.71 bits per heavy atom. The monoisotopic (exact) mass is 287 g/mol. The Morgan fingerprint density at radius 2 is 2.00 bits per heavy atom.